The Balaban J connectivity index is 3.20. The van der Waals surface area contributed by atoms with E-state index < -0.39 is 0 Å². The van der Waals surface area contributed by atoms with E-state index in [2.05, 4.69) is 6.92 Å². The molecule has 1 heterocycles. The number of aromatic nitrogens is 1. The van der Waals surface area contributed by atoms with Crippen LogP contribution in [0.25, 0.3) is 0 Å². The van der Waals surface area contributed by atoms with Gasteiger partial charge in [-0.3, -0.25) is 4.79 Å². The lowest BCUT2D eigenvalue weighted by Crippen LogP contribution is -2.26. The first-order valence-corrected chi connectivity index (χ1v) is 5.91. The number of pyridine rings is 1. The Kier molecular flexibility index (Phi) is 4.40. The van der Waals surface area contributed by atoms with Gasteiger partial charge in [0.25, 0.3) is 5.56 Å². The smallest absolute Gasteiger partial charge is 0.255 e. The second-order valence-corrected chi connectivity index (χ2v) is 4.16. The van der Waals surface area contributed by atoms with Crippen LogP contribution >= 0.6 is 11.6 Å². The molecule has 15 heavy (non-hydrogen) atoms. The van der Waals surface area contributed by atoms with E-state index in [0.717, 1.165) is 36.2 Å². The SMILES string of the molecule is CCCCn1c(C)cc(C)c(CCl)c1=O. The summed E-state index contributed by atoms with van der Waals surface area (Å²) in [5.41, 5.74) is 2.84. The van der Waals surface area contributed by atoms with Crippen LogP contribution in [-0.4, -0.2) is 4.57 Å². The van der Waals surface area contributed by atoms with E-state index >= 15 is 0 Å². The van der Waals surface area contributed by atoms with Crippen LogP contribution in [0, 0.1) is 13.8 Å². The Morgan fingerprint density at radius 2 is 2.07 bits per heavy atom. The Bertz CT molecular complexity index is 395. The molecule has 0 saturated carbocycles. The van der Waals surface area contributed by atoms with Crippen LogP contribution in [0.15, 0.2) is 10.9 Å². The number of unbranched alkanes of at least 4 members (excludes halogenated alkanes) is 1. The average Bonchev–Trinajstić information content (AvgIpc) is 2.17. The predicted octanol–water partition coefficient (Wildman–Crippen LogP) is 3.00. The molecular formula is C12H18ClNO. The summed E-state index contributed by atoms with van der Waals surface area (Å²) in [6.45, 7) is 6.83. The predicted molar refractivity (Wildman–Crippen MR) is 64.6 cm³/mol. The highest BCUT2D eigenvalue weighted by atomic mass is 35.5. The zero-order valence-corrected chi connectivity index (χ0v) is 10.4. The van der Waals surface area contributed by atoms with E-state index in [4.69, 9.17) is 11.6 Å². The van der Waals surface area contributed by atoms with Crippen molar-refractivity contribution in [2.24, 2.45) is 0 Å². The second kappa shape index (κ2) is 5.36. The molecule has 0 saturated heterocycles. The molecule has 1 aromatic rings. The highest BCUT2D eigenvalue weighted by Crippen LogP contribution is 2.09. The Morgan fingerprint density at radius 3 is 2.60 bits per heavy atom. The number of alkyl halides is 1. The molecule has 1 aromatic heterocycles. The fourth-order valence-corrected chi connectivity index (χ4v) is 2.05. The van der Waals surface area contributed by atoms with Crippen molar-refractivity contribution in [3.05, 3.63) is 33.2 Å². The minimum absolute atomic E-state index is 0.0796. The molecule has 84 valence electrons. The first kappa shape index (κ1) is 12.3. The van der Waals surface area contributed by atoms with Crippen LogP contribution in [0.1, 0.15) is 36.6 Å². The number of hydrogen-bond donors (Lipinski definition) is 0. The van der Waals surface area contributed by atoms with Gasteiger partial charge in [0.2, 0.25) is 0 Å². The Hall–Kier alpha value is -0.760. The van der Waals surface area contributed by atoms with Gasteiger partial charge in [0.1, 0.15) is 0 Å². The van der Waals surface area contributed by atoms with Crippen LogP contribution in [-0.2, 0) is 12.4 Å². The number of hydrogen-bond acceptors (Lipinski definition) is 1. The van der Waals surface area contributed by atoms with Gasteiger partial charge in [0, 0.05) is 17.8 Å². The van der Waals surface area contributed by atoms with Crippen molar-refractivity contribution in [3.8, 4) is 0 Å². The second-order valence-electron chi connectivity index (χ2n) is 3.89. The van der Waals surface area contributed by atoms with Crippen molar-refractivity contribution < 1.29 is 0 Å². The minimum Gasteiger partial charge on any atom is -0.313 e. The maximum atomic E-state index is 12.0. The minimum atomic E-state index is 0.0796. The van der Waals surface area contributed by atoms with Crippen LogP contribution in [0.2, 0.25) is 0 Å². The van der Waals surface area contributed by atoms with Crippen molar-refractivity contribution in [3.63, 3.8) is 0 Å². The highest BCUT2D eigenvalue weighted by Gasteiger charge is 2.08. The molecular weight excluding hydrogens is 210 g/mol. The van der Waals surface area contributed by atoms with Crippen molar-refractivity contribution in [1.29, 1.82) is 0 Å². The highest BCUT2D eigenvalue weighted by molar-refractivity contribution is 6.17. The largest absolute Gasteiger partial charge is 0.313 e. The maximum absolute atomic E-state index is 12.0. The van der Waals surface area contributed by atoms with Crippen molar-refractivity contribution >= 4 is 11.6 Å². The van der Waals surface area contributed by atoms with E-state index in [1.54, 1.807) is 0 Å². The summed E-state index contributed by atoms with van der Waals surface area (Å²) in [4.78, 5) is 12.0. The molecule has 0 unspecified atom stereocenters. The maximum Gasteiger partial charge on any atom is 0.255 e. The molecule has 0 spiro atoms. The zero-order chi connectivity index (χ0) is 11.4. The Morgan fingerprint density at radius 1 is 1.40 bits per heavy atom. The van der Waals surface area contributed by atoms with Gasteiger partial charge in [-0.1, -0.05) is 13.3 Å². The molecule has 0 atom stereocenters. The molecule has 0 aliphatic carbocycles. The van der Waals surface area contributed by atoms with Crippen LogP contribution in [0.4, 0.5) is 0 Å². The molecule has 3 heteroatoms. The molecule has 0 bridgehead atoms. The van der Waals surface area contributed by atoms with Crippen molar-refractivity contribution in [1.82, 2.24) is 4.57 Å². The molecule has 0 N–H and O–H groups in total. The normalized spacial score (nSPS) is 10.7. The lowest BCUT2D eigenvalue weighted by atomic mass is 10.1. The molecule has 0 aromatic carbocycles. The third-order valence-electron chi connectivity index (χ3n) is 2.70. The summed E-state index contributed by atoms with van der Waals surface area (Å²) < 4.78 is 1.83. The van der Waals surface area contributed by atoms with E-state index in [9.17, 15) is 4.79 Å². The molecule has 0 aliphatic heterocycles. The van der Waals surface area contributed by atoms with Gasteiger partial charge in [-0.15, -0.1) is 11.6 Å². The van der Waals surface area contributed by atoms with Gasteiger partial charge in [0.15, 0.2) is 0 Å². The fourth-order valence-electron chi connectivity index (χ4n) is 1.73. The summed E-state index contributed by atoms with van der Waals surface area (Å²) in [6, 6.07) is 2.04. The van der Waals surface area contributed by atoms with E-state index in [0.29, 0.717) is 5.88 Å². The lowest BCUT2D eigenvalue weighted by molar-refractivity contribution is 0.594. The molecule has 0 amide bonds. The first-order chi connectivity index (χ1) is 7.11. The number of rotatable bonds is 4. The van der Waals surface area contributed by atoms with E-state index in [-0.39, 0.29) is 5.56 Å². The summed E-state index contributed by atoms with van der Waals surface area (Å²) in [5.74, 6) is 0.303. The molecule has 0 radical (unpaired) electrons. The lowest BCUT2D eigenvalue weighted by Gasteiger charge is -2.12. The van der Waals surface area contributed by atoms with Gasteiger partial charge >= 0.3 is 0 Å². The van der Waals surface area contributed by atoms with Crippen LogP contribution in [0.3, 0.4) is 0 Å². The van der Waals surface area contributed by atoms with Gasteiger partial charge < -0.3 is 4.57 Å². The quantitative estimate of drug-likeness (QED) is 0.725. The number of aryl methyl sites for hydroxylation is 2. The summed E-state index contributed by atoms with van der Waals surface area (Å²) in [7, 11) is 0. The first-order valence-electron chi connectivity index (χ1n) is 5.37. The van der Waals surface area contributed by atoms with Gasteiger partial charge in [-0.05, 0) is 31.9 Å². The fraction of sp³-hybridized carbons (Fsp3) is 0.583. The van der Waals surface area contributed by atoms with Gasteiger partial charge in [-0.25, -0.2) is 0 Å². The standard InChI is InChI=1S/C12H18ClNO/c1-4-5-6-14-10(3)7-9(2)11(8-13)12(14)15/h7H,4-6,8H2,1-3H3. The number of nitrogens with zero attached hydrogens (tertiary/aromatic N) is 1. The van der Waals surface area contributed by atoms with Crippen LogP contribution in [0.5, 0.6) is 0 Å². The monoisotopic (exact) mass is 227 g/mol. The molecule has 0 fully saturated rings. The average molecular weight is 228 g/mol. The Labute approximate surface area is 95.9 Å². The van der Waals surface area contributed by atoms with Crippen molar-refractivity contribution in [2.45, 2.75) is 46.0 Å². The van der Waals surface area contributed by atoms with Crippen molar-refractivity contribution in [2.75, 3.05) is 0 Å². The molecule has 0 aliphatic rings. The van der Waals surface area contributed by atoms with E-state index in [1.165, 1.54) is 0 Å². The number of halogens is 1. The molecule has 1 rings (SSSR count). The summed E-state index contributed by atoms with van der Waals surface area (Å²) in [5, 5.41) is 0. The summed E-state index contributed by atoms with van der Waals surface area (Å²) in [6.07, 6.45) is 2.13. The summed E-state index contributed by atoms with van der Waals surface area (Å²) >= 11 is 5.78. The third-order valence-corrected chi connectivity index (χ3v) is 2.97. The molecule has 2 nitrogen and oxygen atoms in total. The topological polar surface area (TPSA) is 22.0 Å². The third kappa shape index (κ3) is 2.63. The van der Waals surface area contributed by atoms with Gasteiger partial charge in [0.05, 0.1) is 5.88 Å². The van der Waals surface area contributed by atoms with Crippen LogP contribution < -0.4 is 5.56 Å². The zero-order valence-electron chi connectivity index (χ0n) is 9.64. The van der Waals surface area contributed by atoms with E-state index in [1.807, 2.05) is 24.5 Å². The van der Waals surface area contributed by atoms with Gasteiger partial charge in [-0.2, -0.15) is 0 Å².